The SMILES string of the molecule is O=C(CC1CNCCO1)Nc1ccc(F)cn1. The Balaban J connectivity index is 1.82. The normalized spacial score (nSPS) is 19.9. The van der Waals surface area contributed by atoms with Gasteiger partial charge in [-0.25, -0.2) is 9.37 Å². The van der Waals surface area contributed by atoms with Crippen LogP contribution in [0.1, 0.15) is 6.42 Å². The van der Waals surface area contributed by atoms with Crippen LogP contribution in [0.25, 0.3) is 0 Å². The van der Waals surface area contributed by atoms with Crippen molar-refractivity contribution >= 4 is 11.7 Å². The molecule has 0 bridgehead atoms. The summed E-state index contributed by atoms with van der Waals surface area (Å²) in [6.07, 6.45) is 1.23. The Morgan fingerprint density at radius 3 is 3.18 bits per heavy atom. The third-order valence-corrected chi connectivity index (χ3v) is 2.41. The summed E-state index contributed by atoms with van der Waals surface area (Å²) >= 11 is 0. The second-order valence-corrected chi connectivity index (χ2v) is 3.81. The fourth-order valence-electron chi connectivity index (χ4n) is 1.60. The first kappa shape index (κ1) is 11.9. The van der Waals surface area contributed by atoms with E-state index in [4.69, 9.17) is 4.74 Å². The zero-order valence-electron chi connectivity index (χ0n) is 9.28. The second kappa shape index (κ2) is 5.70. The predicted octanol–water partition coefficient (Wildman–Crippen LogP) is 0.538. The molecular weight excluding hydrogens is 225 g/mol. The summed E-state index contributed by atoms with van der Waals surface area (Å²) in [5.41, 5.74) is 0. The van der Waals surface area contributed by atoms with E-state index in [1.54, 1.807) is 0 Å². The smallest absolute Gasteiger partial charge is 0.228 e. The summed E-state index contributed by atoms with van der Waals surface area (Å²) in [4.78, 5) is 15.4. The molecular formula is C11H14FN3O2. The van der Waals surface area contributed by atoms with Crippen molar-refractivity contribution in [1.29, 1.82) is 0 Å². The number of hydrogen-bond donors (Lipinski definition) is 2. The minimum Gasteiger partial charge on any atom is -0.375 e. The summed E-state index contributed by atoms with van der Waals surface area (Å²) < 4.78 is 18.0. The molecule has 0 aliphatic carbocycles. The van der Waals surface area contributed by atoms with Crippen LogP contribution in [0, 0.1) is 5.82 Å². The topological polar surface area (TPSA) is 63.2 Å². The molecule has 5 nitrogen and oxygen atoms in total. The zero-order chi connectivity index (χ0) is 12.1. The van der Waals surface area contributed by atoms with Crippen molar-refractivity contribution in [3.8, 4) is 0 Å². The van der Waals surface area contributed by atoms with Gasteiger partial charge in [-0.3, -0.25) is 4.79 Å². The van der Waals surface area contributed by atoms with Gasteiger partial charge >= 0.3 is 0 Å². The molecule has 2 rings (SSSR count). The number of carbonyl (C=O) groups excluding carboxylic acids is 1. The number of nitrogens with one attached hydrogen (secondary N) is 2. The van der Waals surface area contributed by atoms with Gasteiger partial charge in [0.15, 0.2) is 0 Å². The van der Waals surface area contributed by atoms with E-state index in [1.807, 2.05) is 0 Å². The van der Waals surface area contributed by atoms with Gasteiger partial charge in [-0.2, -0.15) is 0 Å². The third-order valence-electron chi connectivity index (χ3n) is 2.41. The highest BCUT2D eigenvalue weighted by molar-refractivity contribution is 5.90. The quantitative estimate of drug-likeness (QED) is 0.808. The monoisotopic (exact) mass is 239 g/mol. The van der Waals surface area contributed by atoms with Crippen LogP contribution in [0.15, 0.2) is 18.3 Å². The lowest BCUT2D eigenvalue weighted by molar-refractivity contribution is -0.119. The molecule has 1 fully saturated rings. The lowest BCUT2D eigenvalue weighted by atomic mass is 10.2. The molecule has 1 unspecified atom stereocenters. The van der Waals surface area contributed by atoms with Gasteiger partial charge in [0.1, 0.15) is 11.6 Å². The van der Waals surface area contributed by atoms with Crippen molar-refractivity contribution < 1.29 is 13.9 Å². The van der Waals surface area contributed by atoms with E-state index in [0.717, 1.165) is 12.7 Å². The highest BCUT2D eigenvalue weighted by atomic mass is 19.1. The average Bonchev–Trinajstić information content (AvgIpc) is 2.33. The van der Waals surface area contributed by atoms with E-state index < -0.39 is 5.82 Å². The van der Waals surface area contributed by atoms with Crippen molar-refractivity contribution in [2.75, 3.05) is 25.0 Å². The number of carbonyl (C=O) groups is 1. The van der Waals surface area contributed by atoms with E-state index in [9.17, 15) is 9.18 Å². The minimum atomic E-state index is -0.428. The molecule has 0 spiro atoms. The molecule has 1 aliphatic heterocycles. The number of amides is 1. The van der Waals surface area contributed by atoms with Crippen LogP contribution in [0.2, 0.25) is 0 Å². The van der Waals surface area contributed by atoms with Gasteiger partial charge in [0.25, 0.3) is 0 Å². The van der Waals surface area contributed by atoms with Crippen molar-refractivity contribution in [2.45, 2.75) is 12.5 Å². The van der Waals surface area contributed by atoms with E-state index >= 15 is 0 Å². The highest BCUT2D eigenvalue weighted by Gasteiger charge is 2.17. The lowest BCUT2D eigenvalue weighted by Gasteiger charge is -2.22. The third kappa shape index (κ3) is 3.76. The number of halogens is 1. The van der Waals surface area contributed by atoms with Crippen molar-refractivity contribution in [3.63, 3.8) is 0 Å². The lowest BCUT2D eigenvalue weighted by Crippen LogP contribution is -2.40. The molecule has 0 aromatic carbocycles. The predicted molar refractivity (Wildman–Crippen MR) is 60.1 cm³/mol. The van der Waals surface area contributed by atoms with Gasteiger partial charge < -0.3 is 15.4 Å². The van der Waals surface area contributed by atoms with Gasteiger partial charge in [0.2, 0.25) is 5.91 Å². The maximum atomic E-state index is 12.6. The molecule has 1 saturated heterocycles. The first-order valence-electron chi connectivity index (χ1n) is 5.48. The van der Waals surface area contributed by atoms with Crippen LogP contribution in [0.4, 0.5) is 10.2 Å². The Labute approximate surface area is 98.4 Å². The number of anilines is 1. The van der Waals surface area contributed by atoms with E-state index in [1.165, 1.54) is 12.1 Å². The molecule has 1 atom stereocenters. The second-order valence-electron chi connectivity index (χ2n) is 3.81. The molecule has 1 aromatic rings. The summed E-state index contributed by atoms with van der Waals surface area (Å²) in [7, 11) is 0. The highest BCUT2D eigenvalue weighted by Crippen LogP contribution is 2.06. The number of morpholine rings is 1. The van der Waals surface area contributed by atoms with Crippen molar-refractivity contribution in [2.24, 2.45) is 0 Å². The van der Waals surface area contributed by atoms with Crippen molar-refractivity contribution in [1.82, 2.24) is 10.3 Å². The van der Waals surface area contributed by atoms with E-state index in [0.29, 0.717) is 19.0 Å². The van der Waals surface area contributed by atoms with Crippen LogP contribution in [0.3, 0.4) is 0 Å². The largest absolute Gasteiger partial charge is 0.375 e. The first-order valence-corrected chi connectivity index (χ1v) is 5.48. The summed E-state index contributed by atoms with van der Waals surface area (Å²) in [6.45, 7) is 2.11. The Morgan fingerprint density at radius 2 is 2.53 bits per heavy atom. The van der Waals surface area contributed by atoms with Crippen LogP contribution < -0.4 is 10.6 Å². The average molecular weight is 239 g/mol. The molecule has 1 aliphatic rings. The van der Waals surface area contributed by atoms with Crippen molar-refractivity contribution in [3.05, 3.63) is 24.1 Å². The molecule has 17 heavy (non-hydrogen) atoms. The fraction of sp³-hybridized carbons (Fsp3) is 0.455. The van der Waals surface area contributed by atoms with Gasteiger partial charge in [0.05, 0.1) is 25.3 Å². The van der Waals surface area contributed by atoms with Gasteiger partial charge in [-0.05, 0) is 12.1 Å². The maximum absolute atomic E-state index is 12.6. The van der Waals surface area contributed by atoms with E-state index in [-0.39, 0.29) is 18.4 Å². The summed E-state index contributed by atoms with van der Waals surface area (Å²) in [6, 6.07) is 2.68. The van der Waals surface area contributed by atoms with Crippen LogP contribution in [-0.4, -0.2) is 36.7 Å². The van der Waals surface area contributed by atoms with Crippen LogP contribution in [-0.2, 0) is 9.53 Å². The Morgan fingerprint density at radius 1 is 1.65 bits per heavy atom. The number of aromatic nitrogens is 1. The molecule has 1 aromatic heterocycles. The zero-order valence-corrected chi connectivity index (χ0v) is 9.28. The summed E-state index contributed by atoms with van der Waals surface area (Å²) in [5.74, 6) is -0.263. The minimum absolute atomic E-state index is 0.107. The molecule has 0 saturated carbocycles. The number of hydrogen-bond acceptors (Lipinski definition) is 4. The number of rotatable bonds is 3. The molecule has 6 heteroatoms. The Kier molecular flexibility index (Phi) is 4.00. The Bertz CT molecular complexity index is 377. The molecule has 92 valence electrons. The summed E-state index contributed by atoms with van der Waals surface area (Å²) in [5, 5.41) is 5.73. The van der Waals surface area contributed by atoms with Gasteiger partial charge in [-0.15, -0.1) is 0 Å². The van der Waals surface area contributed by atoms with E-state index in [2.05, 4.69) is 15.6 Å². The van der Waals surface area contributed by atoms with Gasteiger partial charge in [0, 0.05) is 13.1 Å². The maximum Gasteiger partial charge on any atom is 0.228 e. The standard InChI is InChI=1S/C11H14FN3O2/c12-8-1-2-10(14-6-8)15-11(16)5-9-7-13-3-4-17-9/h1-2,6,9,13H,3-5,7H2,(H,14,15,16). The molecule has 2 N–H and O–H groups in total. The molecule has 1 amide bonds. The fourth-order valence-corrected chi connectivity index (χ4v) is 1.60. The number of nitrogens with zero attached hydrogens (tertiary/aromatic N) is 1. The van der Waals surface area contributed by atoms with Crippen LogP contribution in [0.5, 0.6) is 0 Å². The van der Waals surface area contributed by atoms with Crippen LogP contribution >= 0.6 is 0 Å². The molecule has 2 heterocycles. The Hall–Kier alpha value is -1.53. The molecule has 0 radical (unpaired) electrons. The van der Waals surface area contributed by atoms with Gasteiger partial charge in [-0.1, -0.05) is 0 Å². The first-order chi connectivity index (χ1) is 8.24. The number of ether oxygens (including phenoxy) is 1. The number of pyridine rings is 1.